The van der Waals surface area contributed by atoms with E-state index in [-0.39, 0.29) is 31.1 Å². The van der Waals surface area contributed by atoms with Gasteiger partial charge in [0.2, 0.25) is 5.91 Å². The summed E-state index contributed by atoms with van der Waals surface area (Å²) in [6, 6.07) is 6.58. The lowest BCUT2D eigenvalue weighted by Crippen LogP contribution is -2.38. The molecule has 0 aliphatic heterocycles. The van der Waals surface area contributed by atoms with Crippen molar-refractivity contribution < 1.29 is 19.1 Å². The highest BCUT2D eigenvalue weighted by molar-refractivity contribution is 6.30. The van der Waals surface area contributed by atoms with Gasteiger partial charge in [-0.3, -0.25) is 9.59 Å². The largest absolute Gasteiger partial charge is 0.484 e. The van der Waals surface area contributed by atoms with Gasteiger partial charge in [0, 0.05) is 29.8 Å². The first-order valence-electron chi connectivity index (χ1n) is 8.63. The molecule has 0 spiro atoms. The van der Waals surface area contributed by atoms with Crippen LogP contribution in [0.15, 0.2) is 36.5 Å². The van der Waals surface area contributed by atoms with Crippen molar-refractivity contribution in [1.29, 1.82) is 0 Å². The molecule has 26 heavy (non-hydrogen) atoms. The zero-order chi connectivity index (χ0) is 19.4. The molecular formula is C19H27ClN2O4. The third-order valence-corrected chi connectivity index (χ3v) is 3.59. The van der Waals surface area contributed by atoms with Gasteiger partial charge < -0.3 is 20.1 Å². The second kappa shape index (κ2) is 12.3. The Morgan fingerprint density at radius 1 is 1.19 bits per heavy atom. The average Bonchev–Trinajstić information content (AvgIpc) is 2.58. The molecule has 0 aliphatic rings. The minimum atomic E-state index is -0.255. The first-order chi connectivity index (χ1) is 12.4. The van der Waals surface area contributed by atoms with Gasteiger partial charge in [0.25, 0.3) is 5.91 Å². The molecule has 0 saturated carbocycles. The van der Waals surface area contributed by atoms with Crippen LogP contribution in [0.25, 0.3) is 0 Å². The second-order valence-corrected chi connectivity index (χ2v) is 6.41. The van der Waals surface area contributed by atoms with E-state index in [1.807, 2.05) is 6.92 Å². The van der Waals surface area contributed by atoms with Gasteiger partial charge in [-0.05, 0) is 37.6 Å². The van der Waals surface area contributed by atoms with Crippen molar-refractivity contribution in [2.45, 2.75) is 39.2 Å². The highest BCUT2D eigenvalue weighted by atomic mass is 35.5. The minimum absolute atomic E-state index is 0.00862. The van der Waals surface area contributed by atoms with Crippen molar-refractivity contribution in [3.8, 4) is 5.75 Å². The molecule has 1 rings (SSSR count). The quantitative estimate of drug-likeness (QED) is 0.545. The molecule has 2 amide bonds. The standard InChI is InChI=1S/C19H27ClN2O4/c1-4-5-10-25-12-18(23)21-14(2)11-15(3)22-19(24)13-26-17-8-6-16(20)7-9-17/h6-9,15H,2,4-5,10-13H2,1,3H3,(H,21,23)(H,22,24). The number of halogens is 1. The van der Waals surface area contributed by atoms with E-state index in [2.05, 4.69) is 24.1 Å². The number of hydrogen-bond donors (Lipinski definition) is 2. The van der Waals surface area contributed by atoms with E-state index in [4.69, 9.17) is 21.1 Å². The molecule has 1 atom stereocenters. The summed E-state index contributed by atoms with van der Waals surface area (Å²) in [5, 5.41) is 6.07. The fraction of sp³-hybridized carbons (Fsp3) is 0.474. The number of unbranched alkanes of at least 4 members (excludes halogenated alkanes) is 1. The van der Waals surface area contributed by atoms with Crippen LogP contribution in [0.4, 0.5) is 0 Å². The Labute approximate surface area is 159 Å². The first kappa shape index (κ1) is 22.0. The van der Waals surface area contributed by atoms with Crippen LogP contribution in [0.5, 0.6) is 5.75 Å². The van der Waals surface area contributed by atoms with Crippen LogP contribution in [0.2, 0.25) is 5.02 Å². The van der Waals surface area contributed by atoms with Crippen molar-refractivity contribution in [3.63, 3.8) is 0 Å². The number of nitrogens with one attached hydrogen (secondary N) is 2. The molecule has 1 aromatic carbocycles. The Bertz CT molecular complexity index is 590. The van der Waals surface area contributed by atoms with E-state index in [1.165, 1.54) is 0 Å². The van der Waals surface area contributed by atoms with Gasteiger partial charge in [-0.1, -0.05) is 31.5 Å². The number of carbonyl (C=O) groups is 2. The maximum atomic E-state index is 11.9. The predicted octanol–water partition coefficient (Wildman–Crippen LogP) is 3.06. The van der Waals surface area contributed by atoms with Crippen LogP contribution >= 0.6 is 11.6 Å². The van der Waals surface area contributed by atoms with Gasteiger partial charge >= 0.3 is 0 Å². The molecule has 0 fully saturated rings. The highest BCUT2D eigenvalue weighted by Gasteiger charge is 2.11. The van der Waals surface area contributed by atoms with Gasteiger partial charge in [-0.15, -0.1) is 0 Å². The van der Waals surface area contributed by atoms with E-state index in [9.17, 15) is 9.59 Å². The summed E-state index contributed by atoms with van der Waals surface area (Å²) in [5.74, 6) is 0.0714. The monoisotopic (exact) mass is 382 g/mol. The van der Waals surface area contributed by atoms with Crippen LogP contribution in [-0.2, 0) is 14.3 Å². The van der Waals surface area contributed by atoms with Crippen LogP contribution in [-0.4, -0.2) is 37.7 Å². The molecule has 0 aliphatic carbocycles. The molecule has 0 bridgehead atoms. The Hall–Kier alpha value is -2.05. The number of amides is 2. The van der Waals surface area contributed by atoms with E-state index in [0.29, 0.717) is 29.5 Å². The SMILES string of the molecule is C=C(CC(C)NC(=O)COc1ccc(Cl)cc1)NC(=O)COCCCC. The summed E-state index contributed by atoms with van der Waals surface area (Å²) < 4.78 is 10.6. The highest BCUT2D eigenvalue weighted by Crippen LogP contribution is 2.15. The van der Waals surface area contributed by atoms with Crippen LogP contribution in [0.1, 0.15) is 33.1 Å². The Balaban J connectivity index is 2.21. The van der Waals surface area contributed by atoms with Crippen molar-refractivity contribution in [1.82, 2.24) is 10.6 Å². The zero-order valence-electron chi connectivity index (χ0n) is 15.3. The predicted molar refractivity (Wildman–Crippen MR) is 102 cm³/mol. The number of ether oxygens (including phenoxy) is 2. The summed E-state index contributed by atoms with van der Waals surface area (Å²) >= 11 is 5.79. The lowest BCUT2D eigenvalue weighted by atomic mass is 10.2. The molecule has 0 heterocycles. The van der Waals surface area contributed by atoms with E-state index in [1.54, 1.807) is 24.3 Å². The Kier molecular flexibility index (Phi) is 10.4. The number of benzene rings is 1. The van der Waals surface area contributed by atoms with Crippen molar-refractivity contribution in [2.24, 2.45) is 0 Å². The summed E-state index contributed by atoms with van der Waals surface area (Å²) in [7, 11) is 0. The normalized spacial score (nSPS) is 11.5. The van der Waals surface area contributed by atoms with Crippen molar-refractivity contribution in [2.75, 3.05) is 19.8 Å². The minimum Gasteiger partial charge on any atom is -0.484 e. The Morgan fingerprint density at radius 2 is 1.88 bits per heavy atom. The molecule has 0 saturated heterocycles. The summed E-state index contributed by atoms with van der Waals surface area (Å²) in [6.07, 6.45) is 2.37. The van der Waals surface area contributed by atoms with Gasteiger partial charge in [-0.2, -0.15) is 0 Å². The summed E-state index contributed by atoms with van der Waals surface area (Å²) in [5.41, 5.74) is 0.528. The molecular weight excluding hydrogens is 356 g/mol. The van der Waals surface area contributed by atoms with E-state index in [0.717, 1.165) is 12.8 Å². The third kappa shape index (κ3) is 10.1. The van der Waals surface area contributed by atoms with Crippen LogP contribution in [0.3, 0.4) is 0 Å². The maximum Gasteiger partial charge on any atom is 0.258 e. The lowest BCUT2D eigenvalue weighted by molar-refractivity contribution is -0.125. The van der Waals surface area contributed by atoms with Gasteiger partial charge in [-0.25, -0.2) is 0 Å². The van der Waals surface area contributed by atoms with Crippen LogP contribution < -0.4 is 15.4 Å². The second-order valence-electron chi connectivity index (χ2n) is 5.97. The first-order valence-corrected chi connectivity index (χ1v) is 9.01. The molecule has 144 valence electrons. The number of carbonyl (C=O) groups excluding carboxylic acids is 2. The fourth-order valence-corrected chi connectivity index (χ4v) is 2.24. The van der Waals surface area contributed by atoms with Crippen molar-refractivity contribution >= 4 is 23.4 Å². The number of rotatable bonds is 12. The van der Waals surface area contributed by atoms with Gasteiger partial charge in [0.05, 0.1) is 0 Å². The number of hydrogen-bond acceptors (Lipinski definition) is 4. The average molecular weight is 383 g/mol. The van der Waals surface area contributed by atoms with Gasteiger partial charge in [0.15, 0.2) is 6.61 Å². The molecule has 2 N–H and O–H groups in total. The summed E-state index contributed by atoms with van der Waals surface area (Å²) in [6.45, 7) is 8.16. The lowest BCUT2D eigenvalue weighted by Gasteiger charge is -2.16. The molecule has 1 unspecified atom stereocenters. The smallest absolute Gasteiger partial charge is 0.258 e. The van der Waals surface area contributed by atoms with Gasteiger partial charge in [0.1, 0.15) is 12.4 Å². The molecule has 1 aromatic rings. The topological polar surface area (TPSA) is 76.7 Å². The van der Waals surface area contributed by atoms with Crippen molar-refractivity contribution in [3.05, 3.63) is 41.6 Å². The van der Waals surface area contributed by atoms with E-state index < -0.39 is 0 Å². The molecule has 0 radical (unpaired) electrons. The zero-order valence-corrected chi connectivity index (χ0v) is 16.1. The maximum absolute atomic E-state index is 11.9. The molecule has 7 heteroatoms. The molecule has 6 nitrogen and oxygen atoms in total. The Morgan fingerprint density at radius 3 is 2.54 bits per heavy atom. The van der Waals surface area contributed by atoms with E-state index >= 15 is 0 Å². The summed E-state index contributed by atoms with van der Waals surface area (Å²) in [4.78, 5) is 23.6. The fourth-order valence-electron chi connectivity index (χ4n) is 2.11. The molecule has 0 aromatic heterocycles. The van der Waals surface area contributed by atoms with Crippen LogP contribution in [0, 0.1) is 0 Å². The third-order valence-electron chi connectivity index (χ3n) is 3.34.